The molecule has 0 heterocycles. The minimum Gasteiger partial charge on any atom is -0.229 e. The average molecular weight is 286 g/mol. The Bertz CT molecular complexity index is 406. The Morgan fingerprint density at radius 1 is 0.789 bits per heavy atom. The molecule has 0 N–H and O–H groups in total. The number of rotatable bonds is 2. The highest BCUT2D eigenvalue weighted by Crippen LogP contribution is 2.55. The van der Waals surface area contributed by atoms with Crippen LogP contribution in [0.4, 0.5) is 0 Å². The summed E-state index contributed by atoms with van der Waals surface area (Å²) in [5.74, 6) is 0. The molecule has 0 bridgehead atoms. The van der Waals surface area contributed by atoms with Gasteiger partial charge in [0, 0.05) is 6.26 Å². The topological polar surface area (TPSA) is 34.1 Å². The first-order valence-corrected chi connectivity index (χ1v) is 9.91. The zero-order valence-electron chi connectivity index (χ0n) is 12.9. The summed E-state index contributed by atoms with van der Waals surface area (Å²) < 4.78 is 23.6. The van der Waals surface area contributed by atoms with Crippen LogP contribution in [0.1, 0.15) is 78.1 Å². The molecule has 2 atom stereocenters. The van der Waals surface area contributed by atoms with E-state index in [1.54, 1.807) is 0 Å². The summed E-state index contributed by atoms with van der Waals surface area (Å²) in [6, 6.07) is 0. The highest BCUT2D eigenvalue weighted by Gasteiger charge is 2.45. The van der Waals surface area contributed by atoms with Gasteiger partial charge in [0.2, 0.25) is 0 Å². The lowest BCUT2D eigenvalue weighted by molar-refractivity contribution is 0.0143. The Morgan fingerprint density at radius 2 is 1.32 bits per heavy atom. The first-order chi connectivity index (χ1) is 8.77. The molecule has 0 amide bonds. The van der Waals surface area contributed by atoms with Crippen molar-refractivity contribution in [1.29, 1.82) is 0 Å². The molecule has 2 aliphatic rings. The van der Waals surface area contributed by atoms with E-state index in [1.807, 2.05) is 0 Å². The van der Waals surface area contributed by atoms with Gasteiger partial charge in [-0.3, -0.25) is 0 Å². The van der Waals surface area contributed by atoms with Gasteiger partial charge in [0.1, 0.15) is 9.84 Å². The molecule has 2 saturated carbocycles. The quantitative estimate of drug-likeness (QED) is 0.708. The summed E-state index contributed by atoms with van der Waals surface area (Å²) in [5, 5.41) is -0.0819. The second-order valence-electron chi connectivity index (χ2n) is 7.56. The van der Waals surface area contributed by atoms with Crippen molar-refractivity contribution in [3.8, 4) is 0 Å². The van der Waals surface area contributed by atoms with Gasteiger partial charge in [0.05, 0.1) is 5.25 Å². The zero-order valence-corrected chi connectivity index (χ0v) is 13.7. The second-order valence-corrected chi connectivity index (χ2v) is 9.89. The molecule has 112 valence electrons. The Morgan fingerprint density at radius 3 is 1.89 bits per heavy atom. The van der Waals surface area contributed by atoms with E-state index in [4.69, 9.17) is 0 Å². The van der Waals surface area contributed by atoms with Crippen molar-refractivity contribution in [3.63, 3.8) is 0 Å². The average Bonchev–Trinajstić information content (AvgIpc) is 2.53. The van der Waals surface area contributed by atoms with Crippen molar-refractivity contribution in [2.75, 3.05) is 6.26 Å². The largest absolute Gasteiger partial charge is 0.229 e. The first-order valence-electron chi connectivity index (χ1n) is 7.96. The summed E-state index contributed by atoms with van der Waals surface area (Å²) in [6.45, 7) is 4.90. The fraction of sp³-hybridized carbons (Fsp3) is 1.00. The fourth-order valence-electron chi connectivity index (χ4n) is 4.44. The highest BCUT2D eigenvalue weighted by atomic mass is 32.2. The Labute approximate surface area is 119 Å². The van der Waals surface area contributed by atoms with Gasteiger partial charge >= 0.3 is 0 Å². The van der Waals surface area contributed by atoms with Crippen molar-refractivity contribution in [1.82, 2.24) is 0 Å². The van der Waals surface area contributed by atoms with Crippen LogP contribution in [-0.2, 0) is 9.84 Å². The van der Waals surface area contributed by atoms with Gasteiger partial charge in [-0.2, -0.15) is 0 Å². The summed E-state index contributed by atoms with van der Waals surface area (Å²) in [7, 11) is -2.85. The summed E-state index contributed by atoms with van der Waals surface area (Å²) in [5.41, 5.74) is 0.796. The van der Waals surface area contributed by atoms with Crippen LogP contribution in [0.2, 0.25) is 0 Å². The number of hydrogen-bond donors (Lipinski definition) is 0. The normalized spacial score (nSPS) is 36.7. The van der Waals surface area contributed by atoms with E-state index >= 15 is 0 Å². The molecule has 0 aromatic rings. The lowest BCUT2D eigenvalue weighted by Gasteiger charge is -2.49. The predicted octanol–water partition coefficient (Wildman–Crippen LogP) is 4.34. The highest BCUT2D eigenvalue weighted by molar-refractivity contribution is 7.91. The third-order valence-corrected chi connectivity index (χ3v) is 7.97. The van der Waals surface area contributed by atoms with Crippen LogP contribution in [0.3, 0.4) is 0 Å². The Balaban J connectivity index is 2.12. The molecule has 0 saturated heterocycles. The summed E-state index contributed by atoms with van der Waals surface area (Å²) >= 11 is 0. The van der Waals surface area contributed by atoms with Crippen LogP contribution >= 0.6 is 0 Å². The molecule has 3 heteroatoms. The molecular weight excluding hydrogens is 256 g/mol. The molecule has 2 unspecified atom stereocenters. The van der Waals surface area contributed by atoms with Crippen LogP contribution in [0.5, 0.6) is 0 Å². The van der Waals surface area contributed by atoms with Gasteiger partial charge in [-0.1, -0.05) is 39.5 Å². The third kappa shape index (κ3) is 3.17. The zero-order chi connectivity index (χ0) is 14.1. The van der Waals surface area contributed by atoms with E-state index < -0.39 is 9.84 Å². The van der Waals surface area contributed by atoms with Gasteiger partial charge in [-0.25, -0.2) is 8.42 Å². The molecule has 2 fully saturated rings. The summed E-state index contributed by atoms with van der Waals surface area (Å²) in [6.07, 6.45) is 13.4. The minimum absolute atomic E-state index is 0.0819. The maximum atomic E-state index is 11.8. The van der Waals surface area contributed by atoms with Gasteiger partial charge in [0.15, 0.2) is 0 Å². The van der Waals surface area contributed by atoms with Crippen LogP contribution in [0, 0.1) is 10.8 Å². The van der Waals surface area contributed by atoms with Gasteiger partial charge < -0.3 is 0 Å². The predicted molar refractivity (Wildman–Crippen MR) is 81.0 cm³/mol. The molecule has 0 aliphatic heterocycles. The molecule has 2 rings (SSSR count). The van der Waals surface area contributed by atoms with Crippen LogP contribution in [0.25, 0.3) is 0 Å². The standard InChI is InChI=1S/C16H30O2S/c1-15(10-5-4-6-11-15)16(2)12-7-8-14(9-13-16)19(3,17)18/h14H,4-13H2,1-3H3. The maximum Gasteiger partial charge on any atom is 0.150 e. The molecule has 19 heavy (non-hydrogen) atoms. The third-order valence-electron chi connectivity index (χ3n) is 6.29. The molecule has 0 aromatic carbocycles. The Kier molecular flexibility index (Phi) is 4.35. The first kappa shape index (κ1) is 15.3. The van der Waals surface area contributed by atoms with Crippen molar-refractivity contribution in [3.05, 3.63) is 0 Å². The lowest BCUT2D eigenvalue weighted by Crippen LogP contribution is -2.39. The van der Waals surface area contributed by atoms with Crippen LogP contribution in [0.15, 0.2) is 0 Å². The smallest absolute Gasteiger partial charge is 0.150 e. The van der Waals surface area contributed by atoms with E-state index in [0.717, 1.165) is 25.7 Å². The molecule has 2 aliphatic carbocycles. The van der Waals surface area contributed by atoms with Gasteiger partial charge in [-0.05, 0) is 49.4 Å². The van der Waals surface area contributed by atoms with E-state index in [0.29, 0.717) is 10.8 Å². The van der Waals surface area contributed by atoms with Crippen molar-refractivity contribution < 1.29 is 8.42 Å². The van der Waals surface area contributed by atoms with E-state index in [2.05, 4.69) is 13.8 Å². The van der Waals surface area contributed by atoms with E-state index in [-0.39, 0.29) is 5.25 Å². The molecule has 2 nitrogen and oxygen atoms in total. The van der Waals surface area contributed by atoms with Crippen molar-refractivity contribution in [2.24, 2.45) is 10.8 Å². The molecular formula is C16H30O2S. The van der Waals surface area contributed by atoms with Crippen LogP contribution < -0.4 is 0 Å². The maximum absolute atomic E-state index is 11.8. The SMILES string of the molecule is CC1(C2(C)CCCC(S(C)(=O)=O)CC2)CCCCC1. The molecule has 0 aromatic heterocycles. The van der Waals surface area contributed by atoms with Gasteiger partial charge in [-0.15, -0.1) is 0 Å². The monoisotopic (exact) mass is 286 g/mol. The van der Waals surface area contributed by atoms with Crippen molar-refractivity contribution in [2.45, 2.75) is 83.3 Å². The van der Waals surface area contributed by atoms with Gasteiger partial charge in [0.25, 0.3) is 0 Å². The fourth-order valence-corrected chi connectivity index (χ4v) is 5.58. The van der Waals surface area contributed by atoms with Crippen LogP contribution in [-0.4, -0.2) is 19.9 Å². The summed E-state index contributed by atoms with van der Waals surface area (Å²) in [4.78, 5) is 0. The lowest BCUT2D eigenvalue weighted by atomic mass is 9.56. The van der Waals surface area contributed by atoms with Crippen molar-refractivity contribution >= 4 is 9.84 Å². The Hall–Kier alpha value is -0.0500. The molecule has 0 radical (unpaired) electrons. The second kappa shape index (κ2) is 5.38. The van der Waals surface area contributed by atoms with E-state index in [9.17, 15) is 8.42 Å². The number of sulfone groups is 1. The van der Waals surface area contributed by atoms with E-state index in [1.165, 1.54) is 44.8 Å². The molecule has 0 spiro atoms. The minimum atomic E-state index is -2.85. The number of hydrogen-bond acceptors (Lipinski definition) is 2.